The van der Waals surface area contributed by atoms with Gasteiger partial charge in [0.25, 0.3) is 0 Å². The van der Waals surface area contributed by atoms with Crippen molar-refractivity contribution in [2.45, 2.75) is 6.92 Å². The van der Waals surface area contributed by atoms with E-state index in [-0.39, 0.29) is 22.3 Å². The van der Waals surface area contributed by atoms with Gasteiger partial charge >= 0.3 is 5.97 Å². The summed E-state index contributed by atoms with van der Waals surface area (Å²) in [7, 11) is 0. The second-order valence-corrected chi connectivity index (χ2v) is 4.70. The number of esters is 1. The van der Waals surface area contributed by atoms with Gasteiger partial charge in [0.2, 0.25) is 11.5 Å². The fourth-order valence-corrected chi connectivity index (χ4v) is 2.06. The van der Waals surface area contributed by atoms with Gasteiger partial charge in [0, 0.05) is 5.02 Å². The van der Waals surface area contributed by atoms with Crippen molar-refractivity contribution in [1.29, 1.82) is 5.26 Å². The average Bonchev–Trinajstić information content (AvgIpc) is 2.41. The Bertz CT molecular complexity index is 642. The number of rotatable bonds is 4. The van der Waals surface area contributed by atoms with Crippen molar-refractivity contribution >= 4 is 46.5 Å². The zero-order chi connectivity index (χ0) is 16.0. The summed E-state index contributed by atoms with van der Waals surface area (Å²) in [4.78, 5) is 11.6. The lowest BCUT2D eigenvalue weighted by Crippen LogP contribution is -2.08. The molecule has 0 unspecified atom stereocenters. The van der Waals surface area contributed by atoms with Gasteiger partial charge in [-0.3, -0.25) is 0 Å². The number of benzene rings is 1. The SMILES string of the molecule is CCOC(=O)/C(N=Nc1c(Cl)cc(Cl)cc1Cl)=C(/O)C#N. The summed E-state index contributed by atoms with van der Waals surface area (Å²) in [5.41, 5.74) is -0.614. The predicted molar refractivity (Wildman–Crippen MR) is 77.9 cm³/mol. The number of carbonyl (C=O) groups excluding carboxylic acids is 1. The van der Waals surface area contributed by atoms with Crippen LogP contribution in [0.1, 0.15) is 6.92 Å². The van der Waals surface area contributed by atoms with E-state index in [1.54, 1.807) is 6.92 Å². The van der Waals surface area contributed by atoms with Crippen molar-refractivity contribution < 1.29 is 14.6 Å². The maximum atomic E-state index is 11.6. The second-order valence-electron chi connectivity index (χ2n) is 3.45. The standard InChI is InChI=1S/C12H8Cl3N3O3/c1-2-21-12(20)11(9(19)5-16)18-17-10-7(14)3-6(13)4-8(10)15/h3-4,19H,2H2,1H3/b11-9-,18-17?. The number of allylic oxidation sites excluding steroid dienone is 1. The maximum absolute atomic E-state index is 11.6. The van der Waals surface area contributed by atoms with E-state index in [2.05, 4.69) is 15.0 Å². The van der Waals surface area contributed by atoms with Gasteiger partial charge in [-0.1, -0.05) is 34.8 Å². The average molecular weight is 349 g/mol. The fraction of sp³-hybridized carbons (Fsp3) is 0.167. The summed E-state index contributed by atoms with van der Waals surface area (Å²) < 4.78 is 4.65. The number of ether oxygens (including phenoxy) is 1. The molecule has 0 amide bonds. The van der Waals surface area contributed by atoms with Gasteiger partial charge in [-0.25, -0.2) is 4.79 Å². The van der Waals surface area contributed by atoms with E-state index in [0.717, 1.165) is 0 Å². The molecule has 0 spiro atoms. The van der Waals surface area contributed by atoms with Crippen LogP contribution in [0.2, 0.25) is 15.1 Å². The van der Waals surface area contributed by atoms with Crippen LogP contribution in [0.25, 0.3) is 0 Å². The smallest absolute Gasteiger partial charge is 0.363 e. The highest BCUT2D eigenvalue weighted by Gasteiger charge is 2.17. The first kappa shape index (κ1) is 17.2. The molecule has 0 aliphatic carbocycles. The number of aliphatic hydroxyl groups excluding tert-OH is 1. The monoisotopic (exact) mass is 347 g/mol. The first-order chi connectivity index (χ1) is 9.90. The number of nitriles is 1. The highest BCUT2D eigenvalue weighted by molar-refractivity contribution is 6.41. The zero-order valence-electron chi connectivity index (χ0n) is 10.6. The summed E-state index contributed by atoms with van der Waals surface area (Å²) in [6.45, 7) is 1.60. The van der Waals surface area contributed by atoms with Crippen LogP contribution in [0.5, 0.6) is 0 Å². The van der Waals surface area contributed by atoms with E-state index in [9.17, 15) is 9.90 Å². The van der Waals surface area contributed by atoms with Gasteiger partial charge in [0.15, 0.2) is 0 Å². The van der Waals surface area contributed by atoms with Gasteiger partial charge in [0.05, 0.1) is 16.7 Å². The molecule has 0 aromatic heterocycles. The number of halogens is 3. The van der Waals surface area contributed by atoms with Crippen molar-refractivity contribution in [3.63, 3.8) is 0 Å². The Balaban J connectivity index is 3.23. The number of azo groups is 1. The van der Waals surface area contributed by atoms with Gasteiger partial charge in [-0.2, -0.15) is 5.26 Å². The van der Waals surface area contributed by atoms with Crippen LogP contribution >= 0.6 is 34.8 Å². The van der Waals surface area contributed by atoms with Crippen molar-refractivity contribution in [3.8, 4) is 6.07 Å². The third kappa shape index (κ3) is 4.60. The molecule has 21 heavy (non-hydrogen) atoms. The molecular formula is C12H8Cl3N3O3. The molecule has 0 heterocycles. The minimum Gasteiger partial charge on any atom is -0.498 e. The fourth-order valence-electron chi connectivity index (χ4n) is 1.17. The largest absolute Gasteiger partial charge is 0.498 e. The molecule has 0 atom stereocenters. The van der Waals surface area contributed by atoms with Crippen LogP contribution in [0.3, 0.4) is 0 Å². The van der Waals surface area contributed by atoms with Gasteiger partial charge < -0.3 is 9.84 Å². The lowest BCUT2D eigenvalue weighted by molar-refractivity contribution is -0.138. The summed E-state index contributed by atoms with van der Waals surface area (Å²) in [5.74, 6) is -1.93. The molecule has 0 aliphatic rings. The number of carbonyl (C=O) groups is 1. The second kappa shape index (κ2) is 7.84. The normalized spacial score (nSPS) is 12.0. The lowest BCUT2D eigenvalue weighted by atomic mass is 10.3. The highest BCUT2D eigenvalue weighted by Crippen LogP contribution is 2.36. The molecule has 0 bridgehead atoms. The summed E-state index contributed by atoms with van der Waals surface area (Å²) >= 11 is 17.5. The van der Waals surface area contributed by atoms with Crippen LogP contribution in [0, 0.1) is 11.3 Å². The molecule has 0 radical (unpaired) electrons. The number of hydrogen-bond donors (Lipinski definition) is 1. The molecule has 1 rings (SSSR count). The molecule has 0 saturated heterocycles. The van der Waals surface area contributed by atoms with E-state index in [0.29, 0.717) is 5.02 Å². The quantitative estimate of drug-likeness (QED) is 0.215. The third-order valence-corrected chi connectivity index (χ3v) is 2.83. The van der Waals surface area contributed by atoms with E-state index < -0.39 is 17.4 Å². The molecule has 1 N–H and O–H groups in total. The Morgan fingerprint density at radius 3 is 2.43 bits per heavy atom. The Morgan fingerprint density at radius 2 is 1.95 bits per heavy atom. The molecule has 0 saturated carbocycles. The Kier molecular flexibility index (Phi) is 6.43. The van der Waals surface area contributed by atoms with E-state index in [1.165, 1.54) is 18.2 Å². The van der Waals surface area contributed by atoms with E-state index in [1.807, 2.05) is 0 Å². The van der Waals surface area contributed by atoms with Gasteiger partial charge in [0.1, 0.15) is 11.8 Å². The predicted octanol–water partition coefficient (Wildman–Crippen LogP) is 4.59. The van der Waals surface area contributed by atoms with Gasteiger partial charge in [-0.05, 0) is 19.1 Å². The molecule has 0 fully saturated rings. The Hall–Kier alpha value is -1.81. The number of aliphatic hydroxyl groups is 1. The van der Waals surface area contributed by atoms with Crippen LogP contribution in [0.4, 0.5) is 5.69 Å². The van der Waals surface area contributed by atoms with Crippen molar-refractivity contribution in [2.75, 3.05) is 6.61 Å². The lowest BCUT2D eigenvalue weighted by Gasteiger charge is -2.03. The summed E-state index contributed by atoms with van der Waals surface area (Å²) in [6.07, 6.45) is 0. The molecule has 9 heteroatoms. The van der Waals surface area contributed by atoms with E-state index >= 15 is 0 Å². The molecular weight excluding hydrogens is 341 g/mol. The van der Waals surface area contributed by atoms with Crippen molar-refractivity contribution in [1.82, 2.24) is 0 Å². The molecule has 1 aromatic rings. The highest BCUT2D eigenvalue weighted by atomic mass is 35.5. The van der Waals surface area contributed by atoms with Crippen molar-refractivity contribution in [2.24, 2.45) is 10.2 Å². The van der Waals surface area contributed by atoms with E-state index in [4.69, 9.17) is 40.1 Å². The van der Waals surface area contributed by atoms with Crippen LogP contribution < -0.4 is 0 Å². The summed E-state index contributed by atoms with van der Waals surface area (Å²) in [5, 5.41) is 25.6. The maximum Gasteiger partial charge on any atom is 0.363 e. The zero-order valence-corrected chi connectivity index (χ0v) is 12.9. The summed E-state index contributed by atoms with van der Waals surface area (Å²) in [6, 6.07) is 4.12. The molecule has 0 aliphatic heterocycles. The minimum atomic E-state index is -0.999. The van der Waals surface area contributed by atoms with Gasteiger partial charge in [-0.15, -0.1) is 10.2 Å². The number of hydrogen-bond acceptors (Lipinski definition) is 6. The van der Waals surface area contributed by atoms with Crippen LogP contribution in [0.15, 0.2) is 33.8 Å². The number of nitrogens with zero attached hydrogens (tertiary/aromatic N) is 3. The van der Waals surface area contributed by atoms with Crippen LogP contribution in [-0.2, 0) is 9.53 Å². The topological polar surface area (TPSA) is 95.0 Å². The van der Waals surface area contributed by atoms with Crippen molar-refractivity contribution in [3.05, 3.63) is 38.7 Å². The molecule has 6 nitrogen and oxygen atoms in total. The molecule has 110 valence electrons. The Morgan fingerprint density at radius 1 is 1.38 bits per heavy atom. The molecule has 1 aromatic carbocycles. The first-order valence-electron chi connectivity index (χ1n) is 5.47. The Labute approximate surface area is 135 Å². The van der Waals surface area contributed by atoms with Crippen LogP contribution in [-0.4, -0.2) is 17.7 Å². The third-order valence-electron chi connectivity index (χ3n) is 2.03. The minimum absolute atomic E-state index is 0.0373. The first-order valence-corrected chi connectivity index (χ1v) is 6.60.